The molecule has 0 spiro atoms. The minimum atomic E-state index is -0.369. The molecule has 2 aromatic heterocycles. The lowest BCUT2D eigenvalue weighted by molar-refractivity contribution is -0.113. The molecule has 3 aromatic carbocycles. The molecule has 0 bridgehead atoms. The Hall–Kier alpha value is -3.84. The molecular weight excluding hydrogens is 413 g/mol. The number of amides is 1. The maximum absolute atomic E-state index is 14.3. The molecule has 31 heavy (non-hydrogen) atoms. The van der Waals surface area contributed by atoms with Crippen molar-refractivity contribution in [2.45, 2.75) is 6.54 Å². The third-order valence-corrected chi connectivity index (χ3v) is 6.60. The Balaban J connectivity index is 1.60. The number of fused-ring (bicyclic) bond motifs is 4. The highest BCUT2D eigenvalue weighted by atomic mass is 32.1. The molecule has 5 nitrogen and oxygen atoms in total. The van der Waals surface area contributed by atoms with Gasteiger partial charge in [0.05, 0.1) is 28.8 Å². The molecule has 0 saturated heterocycles. The van der Waals surface area contributed by atoms with E-state index in [1.54, 1.807) is 22.6 Å². The second-order valence-electron chi connectivity index (χ2n) is 7.33. The molecule has 0 N–H and O–H groups in total. The fourth-order valence-electron chi connectivity index (χ4n) is 4.12. The van der Waals surface area contributed by atoms with Crippen molar-refractivity contribution in [1.82, 2.24) is 9.38 Å². The van der Waals surface area contributed by atoms with Crippen molar-refractivity contribution >= 4 is 44.5 Å². The largest absolute Gasteiger partial charge is 0.303 e. The standard InChI is InChI=1S/C24H14FN3O2S/c25-16-9-3-1-7-14(16)13-27-18-11-5-2-8-15(18)20(22(27)29)21-23(30)28-19-12-6-4-10-17(19)26-24(28)31-21/h1-12H,13H2. The number of para-hydroxylation sites is 3. The van der Waals surface area contributed by atoms with E-state index < -0.39 is 0 Å². The number of rotatable bonds is 2. The van der Waals surface area contributed by atoms with E-state index in [2.05, 4.69) is 4.98 Å². The molecule has 7 heteroatoms. The van der Waals surface area contributed by atoms with Crippen LogP contribution in [0.15, 0.2) is 77.6 Å². The SMILES string of the molecule is O=C1C(=c2sc3nc4ccccc4n3c2=O)c2ccccc2N1Cc1ccccc1F. The van der Waals surface area contributed by atoms with E-state index >= 15 is 0 Å². The van der Waals surface area contributed by atoms with E-state index in [1.807, 2.05) is 48.5 Å². The Morgan fingerprint density at radius 3 is 2.52 bits per heavy atom. The van der Waals surface area contributed by atoms with Crippen LogP contribution >= 0.6 is 11.3 Å². The van der Waals surface area contributed by atoms with E-state index in [9.17, 15) is 14.0 Å². The van der Waals surface area contributed by atoms with Gasteiger partial charge in [-0.25, -0.2) is 13.8 Å². The number of anilines is 1. The van der Waals surface area contributed by atoms with E-state index in [4.69, 9.17) is 0 Å². The van der Waals surface area contributed by atoms with Gasteiger partial charge < -0.3 is 4.90 Å². The Kier molecular flexibility index (Phi) is 3.82. The van der Waals surface area contributed by atoms with Crippen LogP contribution in [0.1, 0.15) is 11.1 Å². The first-order valence-corrected chi connectivity index (χ1v) is 10.5. The van der Waals surface area contributed by atoms with Crippen molar-refractivity contribution < 1.29 is 9.18 Å². The molecule has 0 unspecified atom stereocenters. The van der Waals surface area contributed by atoms with Crippen molar-refractivity contribution in [2.75, 3.05) is 4.90 Å². The predicted molar refractivity (Wildman–Crippen MR) is 119 cm³/mol. The number of hydrogen-bond acceptors (Lipinski definition) is 4. The fourth-order valence-corrected chi connectivity index (χ4v) is 5.19. The Bertz CT molecular complexity index is 1640. The quantitative estimate of drug-likeness (QED) is 0.433. The molecule has 1 aliphatic heterocycles. The Morgan fingerprint density at radius 2 is 1.65 bits per heavy atom. The number of halogens is 1. The summed E-state index contributed by atoms with van der Waals surface area (Å²) in [5.41, 5.74) is 3.29. The molecule has 0 fully saturated rings. The summed E-state index contributed by atoms with van der Waals surface area (Å²) in [4.78, 5) is 33.5. The van der Waals surface area contributed by atoms with Gasteiger partial charge in [-0.1, -0.05) is 59.9 Å². The number of carbonyl (C=O) groups is 1. The number of thiazole rings is 1. The molecule has 1 amide bonds. The maximum atomic E-state index is 14.3. The number of hydrogen-bond donors (Lipinski definition) is 0. The van der Waals surface area contributed by atoms with Gasteiger partial charge >= 0.3 is 0 Å². The molecule has 6 rings (SSSR count). The summed E-state index contributed by atoms with van der Waals surface area (Å²) in [5, 5.41) is 0. The first-order chi connectivity index (χ1) is 15.1. The van der Waals surface area contributed by atoms with E-state index in [1.165, 1.54) is 22.3 Å². The van der Waals surface area contributed by atoms with Crippen LogP contribution in [0.2, 0.25) is 0 Å². The van der Waals surface area contributed by atoms with Gasteiger partial charge in [-0.3, -0.25) is 9.59 Å². The predicted octanol–water partition coefficient (Wildman–Crippen LogP) is 3.51. The van der Waals surface area contributed by atoms with Gasteiger partial charge in [0.15, 0.2) is 4.96 Å². The van der Waals surface area contributed by atoms with Crippen LogP contribution in [0.5, 0.6) is 0 Å². The second-order valence-corrected chi connectivity index (χ2v) is 8.31. The highest BCUT2D eigenvalue weighted by Crippen LogP contribution is 2.36. The summed E-state index contributed by atoms with van der Waals surface area (Å²) < 4.78 is 16.2. The highest BCUT2D eigenvalue weighted by Gasteiger charge is 2.34. The van der Waals surface area contributed by atoms with Gasteiger partial charge in [0.1, 0.15) is 10.3 Å². The second kappa shape index (κ2) is 6.58. The summed E-state index contributed by atoms with van der Waals surface area (Å²) in [5.74, 6) is -0.679. The number of benzene rings is 3. The minimum Gasteiger partial charge on any atom is -0.303 e. The first kappa shape index (κ1) is 18.0. The Labute approximate surface area is 179 Å². The van der Waals surface area contributed by atoms with Crippen molar-refractivity contribution in [3.8, 4) is 0 Å². The molecule has 0 aliphatic carbocycles. The lowest BCUT2D eigenvalue weighted by Gasteiger charge is -2.17. The van der Waals surface area contributed by atoms with Gasteiger partial charge in [0, 0.05) is 11.1 Å². The van der Waals surface area contributed by atoms with Gasteiger partial charge in [-0.05, 0) is 24.3 Å². The van der Waals surface area contributed by atoms with Crippen molar-refractivity contribution in [3.63, 3.8) is 0 Å². The van der Waals surface area contributed by atoms with Crippen LogP contribution in [-0.4, -0.2) is 15.3 Å². The number of carbonyl (C=O) groups excluding carboxylic acids is 1. The third-order valence-electron chi connectivity index (χ3n) is 5.56. The van der Waals surface area contributed by atoms with Gasteiger partial charge in [-0.2, -0.15) is 0 Å². The van der Waals surface area contributed by atoms with Crippen LogP contribution in [0.4, 0.5) is 10.1 Å². The van der Waals surface area contributed by atoms with Crippen LogP contribution in [0.3, 0.4) is 0 Å². The van der Waals surface area contributed by atoms with Crippen LogP contribution in [0, 0.1) is 5.82 Å². The summed E-state index contributed by atoms with van der Waals surface area (Å²) in [6.07, 6.45) is 0. The third kappa shape index (κ3) is 2.56. The summed E-state index contributed by atoms with van der Waals surface area (Å²) in [6, 6.07) is 21.1. The molecular formula is C24H14FN3O2S. The summed E-state index contributed by atoms with van der Waals surface area (Å²) in [6.45, 7) is 0.0889. The van der Waals surface area contributed by atoms with E-state index in [-0.39, 0.29) is 23.8 Å². The molecule has 150 valence electrons. The fraction of sp³-hybridized carbons (Fsp3) is 0.0417. The topological polar surface area (TPSA) is 54.7 Å². The molecule has 3 heterocycles. The smallest absolute Gasteiger partial charge is 0.275 e. The maximum Gasteiger partial charge on any atom is 0.275 e. The van der Waals surface area contributed by atoms with Gasteiger partial charge in [0.2, 0.25) is 0 Å². The summed E-state index contributed by atoms with van der Waals surface area (Å²) in [7, 11) is 0. The normalized spacial score (nSPS) is 15.3. The monoisotopic (exact) mass is 427 g/mol. The highest BCUT2D eigenvalue weighted by molar-refractivity contribution is 7.15. The number of nitrogens with zero attached hydrogens (tertiary/aromatic N) is 3. The molecule has 5 aromatic rings. The average molecular weight is 427 g/mol. The van der Waals surface area contributed by atoms with Gasteiger partial charge in [0.25, 0.3) is 11.5 Å². The lowest BCUT2D eigenvalue weighted by Crippen LogP contribution is -2.32. The van der Waals surface area contributed by atoms with E-state index in [0.717, 1.165) is 5.52 Å². The zero-order chi connectivity index (χ0) is 21.1. The molecule has 0 saturated carbocycles. The average Bonchev–Trinajstić information content (AvgIpc) is 3.39. The van der Waals surface area contributed by atoms with Crippen LogP contribution < -0.4 is 15.0 Å². The minimum absolute atomic E-state index is 0.0889. The van der Waals surface area contributed by atoms with Gasteiger partial charge in [-0.15, -0.1) is 0 Å². The lowest BCUT2D eigenvalue weighted by atomic mass is 10.1. The summed E-state index contributed by atoms with van der Waals surface area (Å²) >= 11 is 1.21. The van der Waals surface area contributed by atoms with E-state index in [0.29, 0.717) is 37.4 Å². The number of aromatic nitrogens is 2. The molecule has 0 atom stereocenters. The number of imidazole rings is 1. The zero-order valence-corrected chi connectivity index (χ0v) is 16.9. The van der Waals surface area contributed by atoms with Crippen LogP contribution in [0.25, 0.3) is 21.6 Å². The molecule has 1 aliphatic rings. The van der Waals surface area contributed by atoms with Crippen molar-refractivity contribution in [1.29, 1.82) is 0 Å². The molecule has 0 radical (unpaired) electrons. The van der Waals surface area contributed by atoms with Crippen LogP contribution in [-0.2, 0) is 11.3 Å². The Morgan fingerprint density at radius 1 is 0.903 bits per heavy atom. The van der Waals surface area contributed by atoms with Crippen molar-refractivity contribution in [3.05, 3.63) is 105 Å². The van der Waals surface area contributed by atoms with Crippen molar-refractivity contribution in [2.24, 2.45) is 0 Å². The first-order valence-electron chi connectivity index (χ1n) is 9.72. The zero-order valence-electron chi connectivity index (χ0n) is 16.1.